The van der Waals surface area contributed by atoms with Crippen LogP contribution in [0.1, 0.15) is 43.3 Å². The zero-order valence-corrected chi connectivity index (χ0v) is 17.8. The molecule has 156 valence electrons. The number of fused-ring (bicyclic) bond motifs is 1. The van der Waals surface area contributed by atoms with Crippen molar-refractivity contribution in [3.63, 3.8) is 0 Å². The Balaban J connectivity index is 1.68. The first-order valence-corrected chi connectivity index (χ1v) is 10.4. The highest BCUT2D eigenvalue weighted by Gasteiger charge is 2.13. The fourth-order valence-electron chi connectivity index (χ4n) is 3.75. The molecule has 0 radical (unpaired) electrons. The van der Waals surface area contributed by atoms with Crippen LogP contribution in [-0.2, 0) is 32.9 Å². The van der Waals surface area contributed by atoms with Crippen LogP contribution in [0.4, 0.5) is 4.39 Å². The van der Waals surface area contributed by atoms with Crippen molar-refractivity contribution in [1.82, 2.24) is 25.4 Å². The van der Waals surface area contributed by atoms with Crippen LogP contribution in [-0.4, -0.2) is 33.8 Å². The summed E-state index contributed by atoms with van der Waals surface area (Å²) in [5.74, 6) is 0.572. The highest BCUT2D eigenvalue weighted by atomic mass is 19.1. The first-order chi connectivity index (χ1) is 14.1. The van der Waals surface area contributed by atoms with Gasteiger partial charge in [-0.15, -0.1) is 0 Å². The van der Waals surface area contributed by atoms with Gasteiger partial charge in [0.2, 0.25) is 0 Å². The highest BCUT2D eigenvalue weighted by molar-refractivity contribution is 5.83. The van der Waals surface area contributed by atoms with Crippen molar-refractivity contribution in [1.29, 1.82) is 0 Å². The number of aromatic amines is 1. The van der Waals surface area contributed by atoms with Crippen LogP contribution in [0.25, 0.3) is 10.9 Å². The van der Waals surface area contributed by atoms with E-state index < -0.39 is 0 Å². The monoisotopic (exact) mass is 398 g/mol. The number of halogens is 1. The van der Waals surface area contributed by atoms with Crippen molar-refractivity contribution in [2.24, 2.45) is 12.0 Å². The number of benzene rings is 1. The highest BCUT2D eigenvalue weighted by Crippen LogP contribution is 2.19. The minimum atomic E-state index is -0.212. The van der Waals surface area contributed by atoms with E-state index in [0.29, 0.717) is 13.1 Å². The minimum absolute atomic E-state index is 0.212. The summed E-state index contributed by atoms with van der Waals surface area (Å²) in [4.78, 5) is 7.99. The molecule has 0 saturated heterocycles. The molecule has 3 N–H and O–H groups in total. The van der Waals surface area contributed by atoms with Crippen LogP contribution in [0, 0.1) is 5.82 Å². The Bertz CT molecular complexity index is 985. The van der Waals surface area contributed by atoms with E-state index in [0.717, 1.165) is 53.9 Å². The Morgan fingerprint density at radius 3 is 2.76 bits per heavy atom. The zero-order chi connectivity index (χ0) is 20.8. The molecule has 2 heterocycles. The summed E-state index contributed by atoms with van der Waals surface area (Å²) in [6.45, 7) is 8.44. The van der Waals surface area contributed by atoms with Crippen molar-refractivity contribution < 1.29 is 4.39 Å². The molecule has 2 aromatic heterocycles. The van der Waals surface area contributed by atoms with Crippen molar-refractivity contribution >= 4 is 16.9 Å². The van der Waals surface area contributed by atoms with E-state index in [1.165, 1.54) is 17.3 Å². The lowest BCUT2D eigenvalue weighted by Crippen LogP contribution is -2.38. The summed E-state index contributed by atoms with van der Waals surface area (Å²) >= 11 is 0. The molecule has 6 nitrogen and oxygen atoms in total. The van der Waals surface area contributed by atoms with Crippen LogP contribution >= 0.6 is 0 Å². The van der Waals surface area contributed by atoms with E-state index in [1.807, 2.05) is 17.9 Å². The summed E-state index contributed by atoms with van der Waals surface area (Å²) in [7, 11) is 2.00. The lowest BCUT2D eigenvalue weighted by atomic mass is 10.1. The smallest absolute Gasteiger partial charge is 0.191 e. The molecule has 0 spiro atoms. The molecule has 3 aromatic rings. The average Bonchev–Trinajstić information content (AvgIpc) is 3.25. The van der Waals surface area contributed by atoms with Gasteiger partial charge < -0.3 is 15.6 Å². The first kappa shape index (κ1) is 20.9. The summed E-state index contributed by atoms with van der Waals surface area (Å²) in [6, 6.07) is 4.84. The van der Waals surface area contributed by atoms with Gasteiger partial charge in [0.05, 0.1) is 12.2 Å². The third kappa shape index (κ3) is 4.78. The first-order valence-electron chi connectivity index (χ1n) is 10.4. The number of H-pyrrole nitrogens is 1. The SMILES string of the molecule is CCNC(=NCc1c(CC)nn(C)c1CC)NCCc1c[nH]c2ccc(F)cc12. The summed E-state index contributed by atoms with van der Waals surface area (Å²) in [6.07, 6.45) is 4.57. The van der Waals surface area contributed by atoms with Gasteiger partial charge in [0.1, 0.15) is 5.82 Å². The Kier molecular flexibility index (Phi) is 6.90. The maximum atomic E-state index is 13.6. The maximum Gasteiger partial charge on any atom is 0.191 e. The largest absolute Gasteiger partial charge is 0.361 e. The molecule has 0 amide bonds. The van der Waals surface area contributed by atoms with Gasteiger partial charge in [-0.05, 0) is 49.9 Å². The quantitative estimate of drug-likeness (QED) is 0.402. The molecule has 3 rings (SSSR count). The molecule has 0 aliphatic carbocycles. The van der Waals surface area contributed by atoms with Gasteiger partial charge in [0, 0.05) is 48.5 Å². The van der Waals surface area contributed by atoms with Crippen molar-refractivity contribution in [3.05, 3.63) is 52.7 Å². The second-order valence-corrected chi connectivity index (χ2v) is 7.08. The molecule has 29 heavy (non-hydrogen) atoms. The lowest BCUT2D eigenvalue weighted by Gasteiger charge is -2.11. The van der Waals surface area contributed by atoms with Crippen LogP contribution in [0.2, 0.25) is 0 Å². The number of aryl methyl sites for hydroxylation is 2. The Morgan fingerprint density at radius 1 is 1.21 bits per heavy atom. The second kappa shape index (κ2) is 9.58. The van der Waals surface area contributed by atoms with E-state index in [4.69, 9.17) is 4.99 Å². The van der Waals surface area contributed by atoms with Crippen LogP contribution < -0.4 is 10.6 Å². The third-order valence-electron chi connectivity index (χ3n) is 5.18. The molecule has 0 atom stereocenters. The Morgan fingerprint density at radius 2 is 2.03 bits per heavy atom. The fourth-order valence-corrected chi connectivity index (χ4v) is 3.75. The van der Waals surface area contributed by atoms with Crippen LogP contribution in [0.5, 0.6) is 0 Å². The van der Waals surface area contributed by atoms with Crippen molar-refractivity contribution in [3.8, 4) is 0 Å². The lowest BCUT2D eigenvalue weighted by molar-refractivity contribution is 0.629. The maximum absolute atomic E-state index is 13.6. The number of nitrogens with one attached hydrogen (secondary N) is 3. The molecule has 0 aliphatic rings. The molecule has 7 heteroatoms. The number of nitrogens with zero attached hydrogens (tertiary/aromatic N) is 3. The predicted molar refractivity (Wildman–Crippen MR) is 117 cm³/mol. The number of rotatable bonds is 8. The minimum Gasteiger partial charge on any atom is -0.361 e. The standard InChI is InChI=1S/C22H31FN6/c1-5-19-18(21(6-2)29(4)28-19)14-27-22(24-7-3)25-11-10-15-13-26-20-9-8-16(23)12-17(15)20/h8-9,12-13,26H,5-7,10-11,14H2,1-4H3,(H2,24,25,27). The van der Waals surface area contributed by atoms with Gasteiger partial charge in [-0.3, -0.25) is 4.68 Å². The van der Waals surface area contributed by atoms with Gasteiger partial charge in [-0.1, -0.05) is 13.8 Å². The molecular weight excluding hydrogens is 367 g/mol. The predicted octanol–water partition coefficient (Wildman–Crippen LogP) is 3.46. The molecule has 0 unspecified atom stereocenters. The summed E-state index contributed by atoms with van der Waals surface area (Å²) in [5, 5.41) is 12.3. The number of aromatic nitrogens is 3. The number of guanidine groups is 1. The van der Waals surface area contributed by atoms with Crippen LogP contribution in [0.3, 0.4) is 0 Å². The molecule has 0 fully saturated rings. The number of hydrogen-bond donors (Lipinski definition) is 3. The van der Waals surface area contributed by atoms with Gasteiger partial charge in [0.15, 0.2) is 5.96 Å². The zero-order valence-electron chi connectivity index (χ0n) is 17.8. The summed E-state index contributed by atoms with van der Waals surface area (Å²) < 4.78 is 15.5. The van der Waals surface area contributed by atoms with Crippen LogP contribution in [0.15, 0.2) is 29.4 Å². The molecule has 0 saturated carbocycles. The number of hydrogen-bond acceptors (Lipinski definition) is 2. The van der Waals surface area contributed by atoms with E-state index in [1.54, 1.807) is 12.1 Å². The van der Waals surface area contributed by atoms with E-state index in [9.17, 15) is 4.39 Å². The molecule has 1 aromatic carbocycles. The van der Waals surface area contributed by atoms with Gasteiger partial charge in [0.25, 0.3) is 0 Å². The van der Waals surface area contributed by atoms with Crippen molar-refractivity contribution in [2.45, 2.75) is 46.6 Å². The second-order valence-electron chi connectivity index (χ2n) is 7.08. The fraction of sp³-hybridized carbons (Fsp3) is 0.455. The molecule has 0 bridgehead atoms. The van der Waals surface area contributed by atoms with E-state index in [2.05, 4.69) is 41.5 Å². The Labute approximate surface area is 171 Å². The molecule has 0 aliphatic heterocycles. The average molecular weight is 399 g/mol. The normalized spacial score (nSPS) is 12.0. The van der Waals surface area contributed by atoms with Gasteiger partial charge >= 0.3 is 0 Å². The van der Waals surface area contributed by atoms with Crippen molar-refractivity contribution in [2.75, 3.05) is 13.1 Å². The van der Waals surface area contributed by atoms with E-state index >= 15 is 0 Å². The van der Waals surface area contributed by atoms with Gasteiger partial charge in [-0.2, -0.15) is 5.10 Å². The molecular formula is C22H31FN6. The van der Waals surface area contributed by atoms with Gasteiger partial charge in [-0.25, -0.2) is 9.38 Å². The Hall–Kier alpha value is -2.83. The third-order valence-corrected chi connectivity index (χ3v) is 5.18. The number of aliphatic imine (C=N–C) groups is 1. The summed E-state index contributed by atoms with van der Waals surface area (Å²) in [5.41, 5.74) is 5.63. The van der Waals surface area contributed by atoms with E-state index in [-0.39, 0.29) is 5.82 Å². The topological polar surface area (TPSA) is 70.0 Å².